The second-order valence-electron chi connectivity index (χ2n) is 1.48. The molecule has 0 aliphatic carbocycles. The van der Waals surface area contributed by atoms with Crippen molar-refractivity contribution in [3.8, 4) is 11.8 Å². The molecule has 0 saturated carbocycles. The first-order valence-corrected chi connectivity index (χ1v) is 2.89. The summed E-state index contributed by atoms with van der Waals surface area (Å²) in [5.74, 6) is 5.56. The summed E-state index contributed by atoms with van der Waals surface area (Å²) in [6, 6.07) is 0. The molecule has 0 fully saturated rings. The predicted molar refractivity (Wildman–Crippen MR) is 34.6 cm³/mol. The Morgan fingerprint density at radius 1 is 1.50 bits per heavy atom. The zero-order valence-electron chi connectivity index (χ0n) is 5.53. The van der Waals surface area contributed by atoms with E-state index in [4.69, 9.17) is 4.74 Å². The summed E-state index contributed by atoms with van der Waals surface area (Å²) >= 11 is 0. The third kappa shape index (κ3) is 5.52. The van der Waals surface area contributed by atoms with Crippen molar-refractivity contribution in [2.75, 3.05) is 13.2 Å². The number of hydrogen-bond acceptors (Lipinski definition) is 1. The Bertz CT molecular complexity index is 86.3. The van der Waals surface area contributed by atoms with Gasteiger partial charge in [0, 0.05) is 6.61 Å². The zero-order chi connectivity index (χ0) is 6.24. The van der Waals surface area contributed by atoms with Crippen LogP contribution in [0.5, 0.6) is 0 Å². The summed E-state index contributed by atoms with van der Waals surface area (Å²) in [4.78, 5) is 0. The van der Waals surface area contributed by atoms with Gasteiger partial charge in [-0.2, -0.15) is 0 Å². The Morgan fingerprint density at radius 2 is 2.25 bits per heavy atom. The van der Waals surface area contributed by atoms with E-state index in [0.29, 0.717) is 6.61 Å². The van der Waals surface area contributed by atoms with Crippen molar-refractivity contribution in [1.29, 1.82) is 0 Å². The highest BCUT2D eigenvalue weighted by Gasteiger charge is 1.75. The van der Waals surface area contributed by atoms with E-state index in [1.165, 1.54) is 0 Å². The summed E-state index contributed by atoms with van der Waals surface area (Å²) in [6.07, 6.45) is 1.07. The van der Waals surface area contributed by atoms with E-state index in [9.17, 15) is 0 Å². The number of ether oxygens (including phenoxy) is 1. The van der Waals surface area contributed by atoms with Crippen molar-refractivity contribution < 1.29 is 4.74 Å². The summed E-state index contributed by atoms with van der Waals surface area (Å²) in [5.41, 5.74) is 0. The van der Waals surface area contributed by atoms with Crippen LogP contribution >= 0.6 is 0 Å². The maximum absolute atomic E-state index is 5.05. The molecule has 0 spiro atoms. The lowest BCUT2D eigenvalue weighted by atomic mass is 10.5. The van der Waals surface area contributed by atoms with Gasteiger partial charge >= 0.3 is 0 Å². The summed E-state index contributed by atoms with van der Waals surface area (Å²) < 4.78 is 5.05. The quantitative estimate of drug-likeness (QED) is 0.396. The highest BCUT2D eigenvalue weighted by molar-refractivity contribution is 4.94. The van der Waals surface area contributed by atoms with Gasteiger partial charge in [-0.25, -0.2) is 0 Å². The predicted octanol–water partition coefficient (Wildman–Crippen LogP) is 1.44. The summed E-state index contributed by atoms with van der Waals surface area (Å²) in [7, 11) is 0. The minimum absolute atomic E-state index is 0.588. The van der Waals surface area contributed by atoms with Crippen LogP contribution in [-0.2, 0) is 4.74 Å². The van der Waals surface area contributed by atoms with E-state index in [1.807, 2.05) is 6.92 Å². The topological polar surface area (TPSA) is 9.23 Å². The smallest absolute Gasteiger partial charge is 0.107 e. The lowest BCUT2D eigenvalue weighted by Gasteiger charge is -1.91. The van der Waals surface area contributed by atoms with Crippen molar-refractivity contribution in [3.05, 3.63) is 0 Å². The highest BCUT2D eigenvalue weighted by atomic mass is 16.5. The molecule has 0 saturated heterocycles. The maximum atomic E-state index is 5.05. The first-order valence-electron chi connectivity index (χ1n) is 2.89. The molecule has 0 amide bonds. The van der Waals surface area contributed by atoms with Gasteiger partial charge in [0.25, 0.3) is 0 Å². The third-order valence-electron chi connectivity index (χ3n) is 0.699. The molecular weight excluding hydrogens is 100 g/mol. The van der Waals surface area contributed by atoms with Crippen molar-refractivity contribution in [3.63, 3.8) is 0 Å². The lowest BCUT2D eigenvalue weighted by molar-refractivity contribution is 0.168. The third-order valence-corrected chi connectivity index (χ3v) is 0.699. The fraction of sp³-hybridized carbons (Fsp3) is 0.714. The molecule has 0 radical (unpaired) electrons. The average molecular weight is 112 g/mol. The minimum Gasteiger partial charge on any atom is -0.369 e. The molecule has 46 valence electrons. The Balaban J connectivity index is 2.79. The van der Waals surface area contributed by atoms with Gasteiger partial charge in [-0.05, 0) is 13.3 Å². The zero-order valence-corrected chi connectivity index (χ0v) is 5.53. The van der Waals surface area contributed by atoms with Gasteiger partial charge in [-0.1, -0.05) is 12.8 Å². The Morgan fingerprint density at radius 3 is 2.75 bits per heavy atom. The fourth-order valence-electron chi connectivity index (χ4n) is 0.340. The van der Waals surface area contributed by atoms with Crippen LogP contribution in [0.25, 0.3) is 0 Å². The van der Waals surface area contributed by atoms with Crippen LogP contribution in [-0.4, -0.2) is 13.2 Å². The molecule has 0 aliphatic heterocycles. The molecule has 8 heavy (non-hydrogen) atoms. The van der Waals surface area contributed by atoms with E-state index < -0.39 is 0 Å². The van der Waals surface area contributed by atoms with Crippen molar-refractivity contribution in [2.24, 2.45) is 0 Å². The van der Waals surface area contributed by atoms with Gasteiger partial charge in [-0.3, -0.25) is 0 Å². The molecule has 1 nitrogen and oxygen atoms in total. The van der Waals surface area contributed by atoms with Gasteiger partial charge in [0.05, 0.1) is 0 Å². The summed E-state index contributed by atoms with van der Waals surface area (Å²) in [5, 5.41) is 0. The Kier molecular flexibility index (Phi) is 6.13. The molecular formula is C7H12O. The molecule has 0 bridgehead atoms. The van der Waals surface area contributed by atoms with Crippen LogP contribution in [0.2, 0.25) is 0 Å². The van der Waals surface area contributed by atoms with Crippen LogP contribution in [0.15, 0.2) is 0 Å². The fourth-order valence-corrected chi connectivity index (χ4v) is 0.340. The molecule has 0 N–H and O–H groups in total. The average Bonchev–Trinajstić information content (AvgIpc) is 1.81. The van der Waals surface area contributed by atoms with Gasteiger partial charge in [0.15, 0.2) is 0 Å². The first-order chi connectivity index (χ1) is 3.91. The lowest BCUT2D eigenvalue weighted by Crippen LogP contribution is -1.91. The van der Waals surface area contributed by atoms with E-state index in [1.54, 1.807) is 0 Å². The molecule has 0 aliphatic rings. The molecule has 0 heterocycles. The van der Waals surface area contributed by atoms with Crippen molar-refractivity contribution in [1.82, 2.24) is 0 Å². The van der Waals surface area contributed by atoms with Crippen LogP contribution in [0.3, 0.4) is 0 Å². The van der Waals surface area contributed by atoms with Gasteiger partial charge < -0.3 is 4.74 Å². The second-order valence-corrected chi connectivity index (χ2v) is 1.48. The molecule has 0 aromatic heterocycles. The van der Waals surface area contributed by atoms with Gasteiger partial charge in [-0.15, -0.1) is 5.92 Å². The van der Waals surface area contributed by atoms with Gasteiger partial charge in [0.1, 0.15) is 6.61 Å². The number of hydrogen-bond donors (Lipinski definition) is 0. The summed E-state index contributed by atoms with van der Waals surface area (Å²) in [6.45, 7) is 5.31. The van der Waals surface area contributed by atoms with Crippen molar-refractivity contribution >= 4 is 0 Å². The molecule has 1 heteroatoms. The van der Waals surface area contributed by atoms with E-state index >= 15 is 0 Å². The largest absolute Gasteiger partial charge is 0.369 e. The Hall–Kier alpha value is -0.480. The Labute approximate surface area is 51.0 Å². The molecule has 0 aromatic carbocycles. The molecule has 0 unspecified atom stereocenters. The molecule has 0 atom stereocenters. The van der Waals surface area contributed by atoms with E-state index in [-0.39, 0.29) is 0 Å². The molecule has 0 aromatic rings. The normalized spacial score (nSPS) is 7.75. The van der Waals surface area contributed by atoms with Crippen LogP contribution in [0, 0.1) is 11.8 Å². The van der Waals surface area contributed by atoms with Crippen molar-refractivity contribution in [2.45, 2.75) is 20.3 Å². The SMILES string of the molecule is CC#CCOCCC. The monoisotopic (exact) mass is 112 g/mol. The maximum Gasteiger partial charge on any atom is 0.107 e. The van der Waals surface area contributed by atoms with E-state index in [2.05, 4.69) is 18.8 Å². The first kappa shape index (κ1) is 7.52. The highest BCUT2D eigenvalue weighted by Crippen LogP contribution is 1.76. The van der Waals surface area contributed by atoms with Gasteiger partial charge in [0.2, 0.25) is 0 Å². The molecule has 0 rings (SSSR count). The standard InChI is InChI=1S/C7H12O/c1-3-5-7-8-6-4-2/h4,6-7H2,1-2H3. The van der Waals surface area contributed by atoms with Crippen LogP contribution in [0.1, 0.15) is 20.3 Å². The second kappa shape index (κ2) is 6.52. The van der Waals surface area contributed by atoms with E-state index in [0.717, 1.165) is 13.0 Å². The van der Waals surface area contributed by atoms with Crippen LogP contribution in [0.4, 0.5) is 0 Å². The number of rotatable bonds is 3. The van der Waals surface area contributed by atoms with Crippen LogP contribution < -0.4 is 0 Å². The minimum atomic E-state index is 0.588.